The van der Waals surface area contributed by atoms with Crippen molar-refractivity contribution in [1.29, 1.82) is 0 Å². The Morgan fingerprint density at radius 2 is 1.51 bits per heavy atom. The number of esters is 2. The third-order valence-corrected chi connectivity index (χ3v) is 6.25. The van der Waals surface area contributed by atoms with E-state index in [0.29, 0.717) is 39.1 Å². The minimum atomic E-state index is -0.506. The first-order valence-corrected chi connectivity index (χ1v) is 12.7. The summed E-state index contributed by atoms with van der Waals surface area (Å²) in [5.74, 6) is 0.589. The van der Waals surface area contributed by atoms with Crippen LogP contribution in [0.3, 0.4) is 0 Å². The molecule has 0 fully saturated rings. The number of fused-ring (bicyclic) bond motifs is 1. The number of halogens is 1. The normalized spacial score (nSPS) is 11.1. The summed E-state index contributed by atoms with van der Waals surface area (Å²) in [6.45, 7) is 8.22. The molecule has 4 aromatic rings. The van der Waals surface area contributed by atoms with Gasteiger partial charge in [0.15, 0.2) is 0 Å². The Morgan fingerprint density at radius 1 is 0.865 bits per heavy atom. The van der Waals surface area contributed by atoms with Crippen LogP contribution in [-0.4, -0.2) is 29.7 Å². The highest BCUT2D eigenvalue weighted by Gasteiger charge is 2.27. The summed E-state index contributed by atoms with van der Waals surface area (Å²) in [5.41, 5.74) is 3.60. The summed E-state index contributed by atoms with van der Waals surface area (Å²) < 4.78 is 18.6. The van der Waals surface area contributed by atoms with Crippen molar-refractivity contribution in [1.82, 2.24) is 4.57 Å². The molecule has 1 heterocycles. The van der Waals surface area contributed by atoms with Gasteiger partial charge in [0.1, 0.15) is 11.5 Å². The van der Waals surface area contributed by atoms with Gasteiger partial charge in [0.25, 0.3) is 0 Å². The van der Waals surface area contributed by atoms with Crippen LogP contribution in [0.1, 0.15) is 55.2 Å². The van der Waals surface area contributed by atoms with Crippen LogP contribution in [0.15, 0.2) is 66.7 Å². The van der Waals surface area contributed by atoms with Crippen LogP contribution in [-0.2, 0) is 20.7 Å². The van der Waals surface area contributed by atoms with Crippen LogP contribution in [0, 0.1) is 0 Å². The first-order chi connectivity index (χ1) is 17.8. The molecule has 0 N–H and O–H groups in total. The molecule has 0 spiro atoms. The Morgan fingerprint density at radius 3 is 2.14 bits per heavy atom. The maximum Gasteiger partial charge on any atom is 0.340 e. The Hall–Kier alpha value is -3.77. The molecule has 0 bridgehead atoms. The molecule has 0 unspecified atom stereocenters. The van der Waals surface area contributed by atoms with E-state index in [0.717, 1.165) is 11.2 Å². The lowest BCUT2D eigenvalue weighted by atomic mass is 10.0. The van der Waals surface area contributed by atoms with E-state index in [4.69, 9.17) is 25.8 Å². The predicted octanol–water partition coefficient (Wildman–Crippen LogP) is 7.48. The summed E-state index contributed by atoms with van der Waals surface area (Å²) in [7, 11) is 0. The third kappa shape index (κ3) is 5.81. The highest BCUT2D eigenvalue weighted by Crippen LogP contribution is 2.35. The van der Waals surface area contributed by atoms with E-state index in [-0.39, 0.29) is 19.6 Å². The van der Waals surface area contributed by atoms with Gasteiger partial charge < -0.3 is 18.8 Å². The summed E-state index contributed by atoms with van der Waals surface area (Å²) in [4.78, 5) is 25.9. The largest absolute Gasteiger partial charge is 0.466 e. The number of hydrogen-bond acceptors (Lipinski definition) is 5. The first-order valence-electron chi connectivity index (χ1n) is 12.4. The van der Waals surface area contributed by atoms with Gasteiger partial charge in [-0.05, 0) is 79.9 Å². The maximum atomic E-state index is 13.3. The van der Waals surface area contributed by atoms with Crippen LogP contribution in [0.2, 0.25) is 5.02 Å². The third-order valence-electron chi connectivity index (χ3n) is 6.00. The molecule has 192 valence electrons. The lowest BCUT2D eigenvalue weighted by molar-refractivity contribution is -0.142. The number of hydrogen-bond donors (Lipinski definition) is 0. The smallest absolute Gasteiger partial charge is 0.340 e. The van der Waals surface area contributed by atoms with Crippen molar-refractivity contribution in [3.63, 3.8) is 0 Å². The van der Waals surface area contributed by atoms with Gasteiger partial charge in [0, 0.05) is 21.8 Å². The molecule has 0 amide bonds. The molecule has 4 rings (SSSR count). The van der Waals surface area contributed by atoms with Crippen molar-refractivity contribution in [3.8, 4) is 17.2 Å². The highest BCUT2D eigenvalue weighted by molar-refractivity contribution is 6.30. The Labute approximate surface area is 221 Å². The summed E-state index contributed by atoms with van der Waals surface area (Å²) in [6.07, 6.45) is -0.0873. The second-order valence-electron chi connectivity index (χ2n) is 8.84. The van der Waals surface area contributed by atoms with Gasteiger partial charge in [0.05, 0.1) is 30.7 Å². The van der Waals surface area contributed by atoms with Gasteiger partial charge >= 0.3 is 11.9 Å². The standard InChI is InChI=1S/C30H30ClNO5/c1-5-35-28(33)18-27-29(30(34)36-6-2)25-17-24(37-23-13-9-21(31)10-14-23)15-16-26(25)32(27)22-11-7-20(8-12-22)19(3)4/h7-17,19H,5-6,18H2,1-4H3. The fourth-order valence-electron chi connectivity index (χ4n) is 4.28. The zero-order valence-electron chi connectivity index (χ0n) is 21.4. The Bertz CT molecular complexity index is 1400. The molecular formula is C30H30ClNO5. The molecule has 0 aliphatic rings. The Balaban J connectivity index is 1.92. The molecule has 1 aromatic heterocycles. The van der Waals surface area contributed by atoms with Crippen molar-refractivity contribution < 1.29 is 23.8 Å². The molecule has 37 heavy (non-hydrogen) atoms. The monoisotopic (exact) mass is 519 g/mol. The van der Waals surface area contributed by atoms with E-state index in [1.54, 1.807) is 44.2 Å². The van der Waals surface area contributed by atoms with Crippen LogP contribution >= 0.6 is 11.6 Å². The summed E-state index contributed by atoms with van der Waals surface area (Å²) in [6, 6.07) is 20.6. The minimum absolute atomic E-state index is 0.0873. The SMILES string of the molecule is CCOC(=O)Cc1c(C(=O)OCC)c2cc(Oc3ccc(Cl)cc3)ccc2n1-c1ccc(C(C)C)cc1. The topological polar surface area (TPSA) is 66.8 Å². The number of nitrogens with zero attached hydrogens (tertiary/aromatic N) is 1. The fraction of sp³-hybridized carbons (Fsp3) is 0.267. The van der Waals surface area contributed by atoms with Crippen LogP contribution in [0.5, 0.6) is 11.5 Å². The minimum Gasteiger partial charge on any atom is -0.466 e. The van der Waals surface area contributed by atoms with E-state index in [1.807, 2.05) is 28.8 Å². The van der Waals surface area contributed by atoms with E-state index >= 15 is 0 Å². The van der Waals surface area contributed by atoms with Gasteiger partial charge in [-0.3, -0.25) is 4.79 Å². The van der Waals surface area contributed by atoms with E-state index in [1.165, 1.54) is 5.56 Å². The molecule has 0 aliphatic carbocycles. The van der Waals surface area contributed by atoms with E-state index in [2.05, 4.69) is 26.0 Å². The molecule has 0 saturated carbocycles. The van der Waals surface area contributed by atoms with Gasteiger partial charge in [0.2, 0.25) is 0 Å². The number of rotatable bonds is 9. The molecule has 0 atom stereocenters. The second-order valence-corrected chi connectivity index (χ2v) is 9.28. The second kappa shape index (κ2) is 11.5. The quantitative estimate of drug-likeness (QED) is 0.214. The number of aromatic nitrogens is 1. The van der Waals surface area contributed by atoms with Crippen LogP contribution in [0.25, 0.3) is 16.6 Å². The fourth-order valence-corrected chi connectivity index (χ4v) is 4.40. The molecule has 6 nitrogen and oxygen atoms in total. The molecule has 3 aromatic carbocycles. The van der Waals surface area contributed by atoms with Crippen molar-refractivity contribution in [3.05, 3.63) is 88.6 Å². The first kappa shape index (κ1) is 26.3. The van der Waals surface area contributed by atoms with Gasteiger partial charge in [-0.1, -0.05) is 37.6 Å². The van der Waals surface area contributed by atoms with Crippen molar-refractivity contribution in [2.45, 2.75) is 40.0 Å². The summed E-state index contributed by atoms with van der Waals surface area (Å²) >= 11 is 6.00. The number of carbonyl (C=O) groups excluding carboxylic acids is 2. The lowest BCUT2D eigenvalue weighted by Gasteiger charge is -2.14. The number of benzene rings is 3. The Kier molecular flexibility index (Phi) is 8.19. The molecular weight excluding hydrogens is 490 g/mol. The molecule has 0 aliphatic heterocycles. The number of carbonyl (C=O) groups is 2. The van der Waals surface area contributed by atoms with Crippen LogP contribution in [0.4, 0.5) is 0 Å². The average molecular weight is 520 g/mol. The van der Waals surface area contributed by atoms with E-state index in [9.17, 15) is 9.59 Å². The van der Waals surface area contributed by atoms with Gasteiger partial charge in [-0.2, -0.15) is 0 Å². The zero-order valence-corrected chi connectivity index (χ0v) is 22.2. The maximum absolute atomic E-state index is 13.3. The van der Waals surface area contributed by atoms with Crippen molar-refractivity contribution in [2.75, 3.05) is 13.2 Å². The predicted molar refractivity (Wildman–Crippen MR) is 145 cm³/mol. The molecule has 7 heteroatoms. The van der Waals surface area contributed by atoms with Crippen LogP contribution < -0.4 is 4.74 Å². The van der Waals surface area contributed by atoms with Crippen molar-refractivity contribution in [2.24, 2.45) is 0 Å². The summed E-state index contributed by atoms with van der Waals surface area (Å²) in [5, 5.41) is 1.23. The van der Waals surface area contributed by atoms with Crippen molar-refractivity contribution >= 4 is 34.4 Å². The van der Waals surface area contributed by atoms with Gasteiger partial charge in [-0.15, -0.1) is 0 Å². The zero-order chi connectivity index (χ0) is 26.5. The molecule has 0 radical (unpaired) electrons. The highest BCUT2D eigenvalue weighted by atomic mass is 35.5. The van der Waals surface area contributed by atoms with Gasteiger partial charge in [-0.25, -0.2) is 4.79 Å². The van der Waals surface area contributed by atoms with E-state index < -0.39 is 11.9 Å². The molecule has 0 saturated heterocycles. The average Bonchev–Trinajstić information content (AvgIpc) is 3.18. The lowest BCUT2D eigenvalue weighted by Crippen LogP contribution is -2.15. The number of ether oxygens (including phenoxy) is 3.